The Morgan fingerprint density at radius 2 is 1.96 bits per heavy atom. The van der Waals surface area contributed by atoms with Gasteiger partial charge in [-0.2, -0.15) is 0 Å². The minimum Gasteiger partial charge on any atom is -0.356 e. The van der Waals surface area contributed by atoms with Gasteiger partial charge in [0.15, 0.2) is 5.96 Å². The highest BCUT2D eigenvalue weighted by Gasteiger charge is 2.53. The van der Waals surface area contributed by atoms with E-state index in [4.69, 9.17) is 4.99 Å². The van der Waals surface area contributed by atoms with Crippen molar-refractivity contribution in [3.8, 4) is 0 Å². The number of nitrogens with zero attached hydrogens (tertiary/aromatic N) is 3. The Balaban J connectivity index is 2.08. The van der Waals surface area contributed by atoms with Crippen molar-refractivity contribution in [2.45, 2.75) is 46.7 Å². The summed E-state index contributed by atoms with van der Waals surface area (Å²) >= 11 is 0. The van der Waals surface area contributed by atoms with Gasteiger partial charge >= 0.3 is 0 Å². The number of likely N-dealkylation sites (tertiary alicyclic amines) is 1. The van der Waals surface area contributed by atoms with Gasteiger partial charge in [-0.15, -0.1) is 0 Å². The van der Waals surface area contributed by atoms with Crippen molar-refractivity contribution >= 4 is 17.6 Å². The Labute approximate surface area is 164 Å². The maximum absolute atomic E-state index is 12.0. The number of nitrogens with one attached hydrogen (secondary N) is 2. The molecule has 0 unspecified atom stereocenters. The minimum absolute atomic E-state index is 0.0152. The molecule has 0 saturated carbocycles. The van der Waals surface area contributed by atoms with Crippen LogP contribution >= 0.6 is 0 Å². The largest absolute Gasteiger partial charge is 0.356 e. The fourth-order valence-electron chi connectivity index (χ4n) is 3.20. The Morgan fingerprint density at radius 1 is 1.26 bits per heavy atom. The van der Waals surface area contributed by atoms with E-state index in [0.29, 0.717) is 13.1 Å². The molecule has 0 aromatic heterocycles. The molecule has 0 radical (unpaired) electrons. The zero-order valence-electron chi connectivity index (χ0n) is 17.9. The number of aliphatic imine (C=N–C) groups is 1. The molecule has 0 aliphatic carbocycles. The predicted octanol–water partition coefficient (Wildman–Crippen LogP) is 2.77. The van der Waals surface area contributed by atoms with E-state index < -0.39 is 0 Å². The fourth-order valence-corrected chi connectivity index (χ4v) is 3.20. The summed E-state index contributed by atoms with van der Waals surface area (Å²) in [5.41, 5.74) is 2.21. The molecule has 1 fully saturated rings. The van der Waals surface area contributed by atoms with Crippen LogP contribution in [0.2, 0.25) is 0 Å². The molecule has 6 nitrogen and oxygen atoms in total. The van der Waals surface area contributed by atoms with E-state index in [0.717, 1.165) is 30.3 Å². The SMILES string of the molecule is CCNC(=NCc1cccc(NC(=O)CN(C)C)c1)N1CC(C)(C)C1(C)C. The van der Waals surface area contributed by atoms with Gasteiger partial charge in [-0.1, -0.05) is 26.0 Å². The van der Waals surface area contributed by atoms with Gasteiger partial charge < -0.3 is 20.4 Å². The standard InChI is InChI=1S/C21H35N5O/c1-8-22-19(26-15-20(2,3)21(26,4)5)23-13-16-10-9-11-17(12-16)24-18(27)14-25(6)7/h9-12H,8,13-15H2,1-7H3,(H,22,23)(H,24,27). The monoisotopic (exact) mass is 373 g/mol. The maximum Gasteiger partial charge on any atom is 0.238 e. The molecule has 1 amide bonds. The number of carbonyl (C=O) groups excluding carboxylic acids is 1. The number of hydrogen-bond acceptors (Lipinski definition) is 3. The van der Waals surface area contributed by atoms with Gasteiger partial charge in [-0.3, -0.25) is 4.79 Å². The van der Waals surface area contributed by atoms with Crippen LogP contribution in [0.4, 0.5) is 5.69 Å². The predicted molar refractivity (Wildman–Crippen MR) is 113 cm³/mol. The first-order valence-electron chi connectivity index (χ1n) is 9.66. The first kappa shape index (κ1) is 21.2. The molecular formula is C21H35N5O. The molecule has 6 heteroatoms. The normalized spacial score (nSPS) is 18.2. The number of amides is 1. The maximum atomic E-state index is 12.0. The second-order valence-corrected chi connectivity index (χ2v) is 8.69. The highest BCUT2D eigenvalue weighted by atomic mass is 16.2. The quantitative estimate of drug-likeness (QED) is 0.595. The average Bonchev–Trinajstić information content (AvgIpc) is 2.56. The summed E-state index contributed by atoms with van der Waals surface area (Å²) in [5.74, 6) is 0.933. The molecule has 27 heavy (non-hydrogen) atoms. The van der Waals surface area contributed by atoms with E-state index >= 15 is 0 Å². The van der Waals surface area contributed by atoms with E-state index in [1.807, 2.05) is 43.3 Å². The second kappa shape index (κ2) is 8.30. The number of guanidine groups is 1. The van der Waals surface area contributed by atoms with E-state index in [9.17, 15) is 4.79 Å². The number of hydrogen-bond donors (Lipinski definition) is 2. The molecule has 150 valence electrons. The third-order valence-corrected chi connectivity index (χ3v) is 5.56. The molecule has 1 aromatic rings. The summed E-state index contributed by atoms with van der Waals surface area (Å²) < 4.78 is 0. The van der Waals surface area contributed by atoms with Crippen LogP contribution < -0.4 is 10.6 Å². The molecule has 1 saturated heterocycles. The van der Waals surface area contributed by atoms with Gasteiger partial charge in [0.2, 0.25) is 5.91 Å². The molecule has 1 aliphatic rings. The average molecular weight is 374 g/mol. The molecule has 0 spiro atoms. The molecule has 1 heterocycles. The van der Waals surface area contributed by atoms with E-state index in [-0.39, 0.29) is 16.9 Å². The Morgan fingerprint density at radius 3 is 2.52 bits per heavy atom. The van der Waals surface area contributed by atoms with Crippen LogP contribution in [-0.2, 0) is 11.3 Å². The van der Waals surface area contributed by atoms with Crippen molar-refractivity contribution in [3.05, 3.63) is 29.8 Å². The Bertz CT molecular complexity index is 694. The molecule has 1 aromatic carbocycles. The van der Waals surface area contributed by atoms with Gasteiger partial charge in [0.1, 0.15) is 0 Å². The zero-order chi connectivity index (χ0) is 20.2. The van der Waals surface area contributed by atoms with Crippen molar-refractivity contribution in [1.29, 1.82) is 0 Å². The van der Waals surface area contributed by atoms with Gasteiger partial charge in [0.25, 0.3) is 0 Å². The smallest absolute Gasteiger partial charge is 0.238 e. The Kier molecular flexibility index (Phi) is 6.52. The van der Waals surface area contributed by atoms with Crippen LogP contribution in [-0.4, -0.2) is 60.9 Å². The topological polar surface area (TPSA) is 60.0 Å². The lowest BCUT2D eigenvalue weighted by Crippen LogP contribution is -2.72. The summed E-state index contributed by atoms with van der Waals surface area (Å²) in [7, 11) is 3.76. The molecule has 2 rings (SSSR count). The van der Waals surface area contributed by atoms with E-state index in [1.165, 1.54) is 0 Å². The second-order valence-electron chi connectivity index (χ2n) is 8.69. The number of likely N-dealkylation sites (N-methyl/N-ethyl adjacent to an activating group) is 1. The van der Waals surface area contributed by atoms with Gasteiger partial charge in [0.05, 0.1) is 13.1 Å². The molecule has 0 atom stereocenters. The molecular weight excluding hydrogens is 338 g/mol. The summed E-state index contributed by atoms with van der Waals surface area (Å²) in [6.07, 6.45) is 0. The van der Waals surface area contributed by atoms with Crippen LogP contribution in [0.5, 0.6) is 0 Å². The van der Waals surface area contributed by atoms with Crippen LogP contribution in [0, 0.1) is 5.41 Å². The van der Waals surface area contributed by atoms with Crippen LogP contribution in [0.15, 0.2) is 29.3 Å². The van der Waals surface area contributed by atoms with Crippen molar-refractivity contribution in [2.75, 3.05) is 39.0 Å². The zero-order valence-corrected chi connectivity index (χ0v) is 17.9. The lowest BCUT2D eigenvalue weighted by molar-refractivity contribution is -0.116. The summed E-state index contributed by atoms with van der Waals surface area (Å²) in [6, 6.07) is 7.90. The number of carbonyl (C=O) groups is 1. The van der Waals surface area contributed by atoms with Crippen molar-refractivity contribution in [3.63, 3.8) is 0 Å². The van der Waals surface area contributed by atoms with Crippen molar-refractivity contribution in [2.24, 2.45) is 10.4 Å². The van der Waals surface area contributed by atoms with E-state index in [1.54, 1.807) is 0 Å². The fraction of sp³-hybridized carbons (Fsp3) is 0.619. The molecule has 1 aliphatic heterocycles. The summed E-state index contributed by atoms with van der Waals surface area (Å²) in [4.78, 5) is 21.0. The Hall–Kier alpha value is -2.08. The third kappa shape index (κ3) is 5.01. The first-order chi connectivity index (χ1) is 12.6. The first-order valence-corrected chi connectivity index (χ1v) is 9.66. The minimum atomic E-state index is -0.0152. The highest BCUT2D eigenvalue weighted by Crippen LogP contribution is 2.46. The lowest BCUT2D eigenvalue weighted by atomic mass is 9.65. The lowest BCUT2D eigenvalue weighted by Gasteiger charge is -2.62. The summed E-state index contributed by atoms with van der Waals surface area (Å²) in [5, 5.41) is 6.36. The number of benzene rings is 1. The highest BCUT2D eigenvalue weighted by molar-refractivity contribution is 5.92. The van der Waals surface area contributed by atoms with Crippen LogP contribution in [0.1, 0.15) is 40.2 Å². The molecule has 2 N–H and O–H groups in total. The van der Waals surface area contributed by atoms with Crippen molar-refractivity contribution in [1.82, 2.24) is 15.1 Å². The van der Waals surface area contributed by atoms with Gasteiger partial charge in [-0.05, 0) is 52.6 Å². The summed E-state index contributed by atoms with van der Waals surface area (Å²) in [6.45, 7) is 14.0. The van der Waals surface area contributed by atoms with Gasteiger partial charge in [-0.25, -0.2) is 4.99 Å². The van der Waals surface area contributed by atoms with Gasteiger partial charge in [0, 0.05) is 29.7 Å². The number of anilines is 1. The number of rotatable bonds is 6. The van der Waals surface area contributed by atoms with Crippen LogP contribution in [0.25, 0.3) is 0 Å². The van der Waals surface area contributed by atoms with Crippen molar-refractivity contribution < 1.29 is 4.79 Å². The molecule has 0 bridgehead atoms. The van der Waals surface area contributed by atoms with E-state index in [2.05, 4.69) is 50.2 Å². The van der Waals surface area contributed by atoms with Crippen LogP contribution in [0.3, 0.4) is 0 Å². The third-order valence-electron chi connectivity index (χ3n) is 5.56.